The number of nitrogen functional groups attached to an aromatic ring is 1. The number of benzene rings is 2. The molecule has 1 aliphatic rings. The number of pyridine rings is 1. The number of nitrogens with two attached hydrogens (primary N) is 2. The fraction of sp³-hybridized carbons (Fsp3) is 0.385. The molecule has 4 rings (SSSR count). The molecule has 1 fully saturated rings. The fourth-order valence-electron chi connectivity index (χ4n) is 4.65. The molecule has 2 heterocycles. The lowest BCUT2D eigenvalue weighted by Gasteiger charge is -2.52. The van der Waals surface area contributed by atoms with Crippen molar-refractivity contribution in [2.75, 3.05) is 30.3 Å². The number of anilines is 2. The number of carbonyl (C=O) groups is 1. The zero-order chi connectivity index (χ0) is 27.4. The summed E-state index contributed by atoms with van der Waals surface area (Å²) in [5.74, 6) is -2.26. The van der Waals surface area contributed by atoms with Crippen molar-refractivity contribution in [1.82, 2.24) is 4.57 Å². The summed E-state index contributed by atoms with van der Waals surface area (Å²) in [5.41, 5.74) is 10.7. The Labute approximate surface area is 217 Å². The van der Waals surface area contributed by atoms with E-state index in [1.165, 1.54) is 23.8 Å². The van der Waals surface area contributed by atoms with Crippen LogP contribution in [0.1, 0.15) is 42.3 Å². The molecule has 1 aromatic heterocycles. The molecule has 1 saturated heterocycles. The molecule has 0 saturated carbocycles. The first-order chi connectivity index (χ1) is 17.4. The van der Waals surface area contributed by atoms with Gasteiger partial charge in [0.2, 0.25) is 5.43 Å². The Hall–Kier alpha value is -3.21. The van der Waals surface area contributed by atoms with Crippen molar-refractivity contribution in [2.45, 2.75) is 39.8 Å². The van der Waals surface area contributed by atoms with Gasteiger partial charge in [0, 0.05) is 30.4 Å². The summed E-state index contributed by atoms with van der Waals surface area (Å²) in [6, 6.07) is 2.30. The highest BCUT2D eigenvalue weighted by atomic mass is 35.5. The van der Waals surface area contributed by atoms with Crippen molar-refractivity contribution in [3.05, 3.63) is 61.9 Å². The number of halogens is 3. The minimum Gasteiger partial charge on any atom is -0.462 e. The van der Waals surface area contributed by atoms with Crippen molar-refractivity contribution < 1.29 is 23.4 Å². The molecule has 37 heavy (non-hydrogen) atoms. The molecule has 3 aromatic rings. The maximum Gasteiger partial charge on any atom is 0.343 e. The van der Waals surface area contributed by atoms with Crippen LogP contribution < -0.4 is 21.8 Å². The number of fused-ring (bicyclic) bond motifs is 1. The lowest BCUT2D eigenvalue weighted by Crippen LogP contribution is -2.70. The quantitative estimate of drug-likeness (QED) is 0.326. The number of ether oxygens (including phenoxy) is 1. The topological polar surface area (TPSA) is 124 Å². The maximum absolute atomic E-state index is 15.8. The number of aromatic nitrogens is 1. The molecule has 1 aliphatic heterocycles. The van der Waals surface area contributed by atoms with Gasteiger partial charge >= 0.3 is 5.97 Å². The molecule has 0 aliphatic carbocycles. The number of aliphatic hydroxyl groups is 1. The normalized spacial score (nSPS) is 14.8. The Balaban J connectivity index is 2.12. The van der Waals surface area contributed by atoms with Crippen LogP contribution in [0.25, 0.3) is 16.6 Å². The highest BCUT2D eigenvalue weighted by Gasteiger charge is 2.44. The summed E-state index contributed by atoms with van der Waals surface area (Å²) in [5, 5.41) is 9.72. The van der Waals surface area contributed by atoms with Crippen LogP contribution in [0.15, 0.2) is 23.1 Å². The first-order valence-corrected chi connectivity index (χ1v) is 12.2. The number of esters is 1. The maximum atomic E-state index is 15.8. The number of aryl methyl sites for hydroxylation is 1. The SMILES string of the molecule is CCOC(=O)c1cn(-c2cc(N)c(F)cc2CO)c2c(Cl)c(N3CC(N)(C(C)C)C3)c(F)c(C)c2c1=O. The van der Waals surface area contributed by atoms with Crippen molar-refractivity contribution in [2.24, 2.45) is 11.7 Å². The van der Waals surface area contributed by atoms with E-state index in [2.05, 4.69) is 0 Å². The van der Waals surface area contributed by atoms with Gasteiger partial charge in [-0.05, 0) is 31.9 Å². The average Bonchev–Trinajstić information content (AvgIpc) is 2.82. The molecular formula is C26H29ClF2N4O4. The molecule has 11 heteroatoms. The second-order valence-corrected chi connectivity index (χ2v) is 10.1. The van der Waals surface area contributed by atoms with Crippen molar-refractivity contribution in [3.8, 4) is 5.69 Å². The molecular weight excluding hydrogens is 506 g/mol. The second-order valence-electron chi connectivity index (χ2n) is 9.69. The van der Waals surface area contributed by atoms with E-state index in [0.29, 0.717) is 13.1 Å². The Kier molecular flexibility index (Phi) is 6.96. The van der Waals surface area contributed by atoms with Crippen molar-refractivity contribution >= 4 is 39.8 Å². The van der Waals surface area contributed by atoms with E-state index < -0.39 is 35.2 Å². The van der Waals surface area contributed by atoms with E-state index in [-0.39, 0.29) is 62.2 Å². The van der Waals surface area contributed by atoms with Gasteiger partial charge in [0.1, 0.15) is 11.4 Å². The molecule has 0 radical (unpaired) electrons. The summed E-state index contributed by atoms with van der Waals surface area (Å²) in [4.78, 5) is 27.9. The van der Waals surface area contributed by atoms with Crippen LogP contribution in [0.4, 0.5) is 20.2 Å². The summed E-state index contributed by atoms with van der Waals surface area (Å²) < 4.78 is 36.5. The highest BCUT2D eigenvalue weighted by Crippen LogP contribution is 2.43. The number of rotatable bonds is 6. The summed E-state index contributed by atoms with van der Waals surface area (Å²) in [6.07, 6.45) is 1.19. The van der Waals surface area contributed by atoms with Crippen LogP contribution in [0.2, 0.25) is 5.02 Å². The van der Waals surface area contributed by atoms with Gasteiger partial charge in [-0.2, -0.15) is 0 Å². The van der Waals surface area contributed by atoms with Gasteiger partial charge in [-0.1, -0.05) is 25.4 Å². The number of hydrogen-bond acceptors (Lipinski definition) is 7. The van der Waals surface area contributed by atoms with Gasteiger partial charge in [-0.15, -0.1) is 0 Å². The largest absolute Gasteiger partial charge is 0.462 e. The van der Waals surface area contributed by atoms with E-state index in [1.54, 1.807) is 11.8 Å². The predicted octanol–water partition coefficient (Wildman–Crippen LogP) is 3.66. The highest BCUT2D eigenvalue weighted by molar-refractivity contribution is 6.38. The molecule has 0 amide bonds. The molecule has 0 unspecified atom stereocenters. The molecule has 2 aromatic carbocycles. The summed E-state index contributed by atoms with van der Waals surface area (Å²) in [7, 11) is 0. The summed E-state index contributed by atoms with van der Waals surface area (Å²) >= 11 is 6.82. The molecule has 0 atom stereocenters. The third kappa shape index (κ3) is 4.22. The minimum atomic E-state index is -0.920. The molecule has 8 nitrogen and oxygen atoms in total. The zero-order valence-corrected chi connectivity index (χ0v) is 21.7. The number of hydrogen-bond donors (Lipinski definition) is 3. The standard InChI is InChI=1S/C26H29ClF2N4O4/c1-5-37-25(36)15-8-33(18-7-17(30)16(28)6-14(18)9-34)22-19(24(15)35)13(4)21(29)23(20(22)27)32-10-26(31,11-32)12(2)3/h6-8,12,34H,5,9-11,30-31H2,1-4H3. The van der Waals surface area contributed by atoms with Crippen LogP contribution in [0.3, 0.4) is 0 Å². The number of carbonyl (C=O) groups excluding carboxylic acids is 1. The smallest absolute Gasteiger partial charge is 0.343 e. The van der Waals surface area contributed by atoms with Gasteiger partial charge in [0.15, 0.2) is 5.82 Å². The van der Waals surface area contributed by atoms with E-state index >= 15 is 4.39 Å². The van der Waals surface area contributed by atoms with Gasteiger partial charge < -0.3 is 30.8 Å². The van der Waals surface area contributed by atoms with Crippen LogP contribution in [-0.4, -0.2) is 40.9 Å². The molecule has 198 valence electrons. The molecule has 0 spiro atoms. The van der Waals surface area contributed by atoms with Crippen LogP contribution >= 0.6 is 11.6 Å². The predicted molar refractivity (Wildman–Crippen MR) is 139 cm³/mol. The Bertz CT molecular complexity index is 1480. The monoisotopic (exact) mass is 534 g/mol. The third-order valence-corrected chi connectivity index (χ3v) is 7.45. The second kappa shape index (κ2) is 9.59. The van der Waals surface area contributed by atoms with Gasteiger partial charge in [-0.25, -0.2) is 13.6 Å². The van der Waals surface area contributed by atoms with E-state index in [4.69, 9.17) is 27.8 Å². The average molecular weight is 535 g/mol. The molecule has 5 N–H and O–H groups in total. The van der Waals surface area contributed by atoms with Crippen LogP contribution in [0.5, 0.6) is 0 Å². The first-order valence-electron chi connectivity index (χ1n) is 11.8. The lowest BCUT2D eigenvalue weighted by molar-refractivity contribution is 0.0524. The van der Waals surface area contributed by atoms with E-state index in [1.807, 2.05) is 13.8 Å². The minimum absolute atomic E-state index is 0.000381. The Morgan fingerprint density at radius 1 is 1.30 bits per heavy atom. The zero-order valence-electron chi connectivity index (χ0n) is 21.0. The third-order valence-electron chi connectivity index (χ3n) is 7.10. The van der Waals surface area contributed by atoms with Gasteiger partial charge in [-0.3, -0.25) is 4.79 Å². The van der Waals surface area contributed by atoms with Crippen LogP contribution in [-0.2, 0) is 11.3 Å². The Morgan fingerprint density at radius 3 is 2.51 bits per heavy atom. The first kappa shape index (κ1) is 26.8. The van der Waals surface area contributed by atoms with Gasteiger partial charge in [0.25, 0.3) is 0 Å². The Morgan fingerprint density at radius 2 is 1.95 bits per heavy atom. The summed E-state index contributed by atoms with van der Waals surface area (Å²) in [6.45, 7) is 7.04. The number of nitrogens with zero attached hydrogens (tertiary/aromatic N) is 2. The molecule has 0 bridgehead atoms. The van der Waals surface area contributed by atoms with E-state index in [9.17, 15) is 19.1 Å². The van der Waals surface area contributed by atoms with E-state index in [0.717, 1.165) is 6.07 Å². The fourth-order valence-corrected chi connectivity index (χ4v) is 5.04. The van der Waals surface area contributed by atoms with Gasteiger partial charge in [0.05, 0.1) is 51.7 Å². The lowest BCUT2D eigenvalue weighted by atomic mass is 9.80. The van der Waals surface area contributed by atoms with Crippen molar-refractivity contribution in [1.29, 1.82) is 0 Å². The van der Waals surface area contributed by atoms with Crippen LogP contribution in [0, 0.1) is 24.5 Å². The number of aliphatic hydroxyl groups excluding tert-OH is 1. The van der Waals surface area contributed by atoms with Crippen molar-refractivity contribution in [3.63, 3.8) is 0 Å².